The summed E-state index contributed by atoms with van der Waals surface area (Å²) < 4.78 is 67.0. The van der Waals surface area contributed by atoms with Crippen LogP contribution in [-0.2, 0) is 21.8 Å². The van der Waals surface area contributed by atoms with Crippen LogP contribution in [0.25, 0.3) is 5.65 Å². The van der Waals surface area contributed by atoms with Gasteiger partial charge in [-0.25, -0.2) is 13.4 Å². The fraction of sp³-hybridized carbons (Fsp3) is 0.0952. The monoisotopic (exact) mass is 527 g/mol. The number of benzene rings is 2. The minimum absolute atomic E-state index is 0.00236. The van der Waals surface area contributed by atoms with Gasteiger partial charge in [0.25, 0.3) is 0 Å². The maximum absolute atomic E-state index is 13.4. The largest absolute Gasteiger partial charge is 0.417 e. The van der Waals surface area contributed by atoms with Crippen LogP contribution in [-0.4, -0.2) is 22.7 Å². The van der Waals surface area contributed by atoms with Crippen molar-refractivity contribution < 1.29 is 26.5 Å². The van der Waals surface area contributed by atoms with Gasteiger partial charge in [0.15, 0.2) is 15.5 Å². The summed E-state index contributed by atoms with van der Waals surface area (Å²) >= 11 is 6.78. The predicted molar refractivity (Wildman–Crippen MR) is 120 cm³/mol. The van der Waals surface area contributed by atoms with E-state index in [1.165, 1.54) is 54.7 Å². The molecule has 0 bridgehead atoms. The van der Waals surface area contributed by atoms with Crippen LogP contribution in [0.3, 0.4) is 0 Å². The summed E-state index contributed by atoms with van der Waals surface area (Å²) in [6.07, 6.45) is -3.46. The fourth-order valence-electron chi connectivity index (χ4n) is 3.28. The molecule has 0 aliphatic rings. The van der Waals surface area contributed by atoms with Gasteiger partial charge in [0, 0.05) is 4.90 Å². The van der Waals surface area contributed by atoms with Gasteiger partial charge in [-0.1, -0.05) is 53.7 Å². The molecule has 4 aromatic rings. The van der Waals surface area contributed by atoms with Gasteiger partial charge in [0.2, 0.25) is 5.65 Å². The van der Waals surface area contributed by atoms with Gasteiger partial charge in [-0.2, -0.15) is 17.6 Å². The van der Waals surface area contributed by atoms with Crippen molar-refractivity contribution in [2.45, 2.75) is 26.6 Å². The highest BCUT2D eigenvalue weighted by atomic mass is 35.5. The van der Waals surface area contributed by atoms with Gasteiger partial charge >= 0.3 is 12.0 Å². The summed E-state index contributed by atoms with van der Waals surface area (Å²) in [5.41, 5.74) is -1.34. The molecule has 0 aliphatic carbocycles. The van der Waals surface area contributed by atoms with Gasteiger partial charge in [0.05, 0.1) is 20.4 Å². The molecule has 0 atom stereocenters. The van der Waals surface area contributed by atoms with Crippen LogP contribution in [0.15, 0.2) is 81.5 Å². The first-order valence-corrected chi connectivity index (χ1v) is 12.3. The number of fused-ring (bicyclic) bond motifs is 1. The third-order valence-electron chi connectivity index (χ3n) is 4.71. The average Bonchev–Trinajstić information content (AvgIpc) is 3.11. The fourth-order valence-corrected chi connectivity index (χ4v) is 5.94. The van der Waals surface area contributed by atoms with Crippen LogP contribution in [0, 0.1) is 10.1 Å². The lowest BCUT2D eigenvalue weighted by molar-refractivity contribution is -0.391. The van der Waals surface area contributed by atoms with Crippen molar-refractivity contribution in [1.82, 2.24) is 9.38 Å². The number of hydrogen-bond donors (Lipinski definition) is 0. The van der Waals surface area contributed by atoms with E-state index in [0.29, 0.717) is 11.8 Å². The van der Waals surface area contributed by atoms with Crippen LogP contribution < -0.4 is 0 Å². The molecule has 13 heteroatoms. The van der Waals surface area contributed by atoms with E-state index in [1.54, 1.807) is 6.07 Å². The van der Waals surface area contributed by atoms with E-state index in [-0.39, 0.29) is 31.1 Å². The van der Waals surface area contributed by atoms with Gasteiger partial charge < -0.3 is 10.1 Å². The minimum atomic E-state index is -4.63. The molecule has 0 aliphatic heterocycles. The highest BCUT2D eigenvalue weighted by molar-refractivity contribution is 7.99. The quantitative estimate of drug-likeness (QED) is 0.224. The number of aromatic nitrogens is 2. The Morgan fingerprint density at radius 1 is 1.06 bits per heavy atom. The third kappa shape index (κ3) is 4.74. The first-order chi connectivity index (χ1) is 16.0. The Balaban J connectivity index is 1.87. The maximum Gasteiger partial charge on any atom is 0.417 e. The van der Waals surface area contributed by atoms with Gasteiger partial charge in [-0.05, 0) is 35.3 Å². The Kier molecular flexibility index (Phi) is 6.32. The highest BCUT2D eigenvalue weighted by Crippen LogP contribution is 2.42. The summed E-state index contributed by atoms with van der Waals surface area (Å²) in [6, 6.07) is 13.5. The molecule has 0 fully saturated rings. The zero-order valence-electron chi connectivity index (χ0n) is 16.9. The average molecular weight is 528 g/mol. The summed E-state index contributed by atoms with van der Waals surface area (Å²) in [5, 5.41) is 11.8. The van der Waals surface area contributed by atoms with Crippen molar-refractivity contribution in [3.05, 3.63) is 93.3 Å². The van der Waals surface area contributed by atoms with Crippen molar-refractivity contribution in [1.29, 1.82) is 0 Å². The van der Waals surface area contributed by atoms with E-state index in [9.17, 15) is 31.7 Å². The number of sulfone groups is 1. The number of imidazole rings is 1. The van der Waals surface area contributed by atoms with Crippen molar-refractivity contribution in [2.75, 3.05) is 0 Å². The standard InChI is InChI=1S/C21H13ClF3N3O4S2/c22-13-10-18(33-17-9-5-4-8-15(17)21(23,24)25)19-26-16(20(28(29)30)27(19)11-13)12-34(31,32)14-6-2-1-3-7-14/h1-11H,12H2. The summed E-state index contributed by atoms with van der Waals surface area (Å²) in [6.45, 7) is 0. The summed E-state index contributed by atoms with van der Waals surface area (Å²) in [4.78, 5) is 15.1. The topological polar surface area (TPSA) is 94.6 Å². The van der Waals surface area contributed by atoms with Crippen molar-refractivity contribution in [3.8, 4) is 0 Å². The lowest BCUT2D eigenvalue weighted by atomic mass is 10.2. The van der Waals surface area contributed by atoms with E-state index in [4.69, 9.17) is 11.6 Å². The summed E-state index contributed by atoms with van der Waals surface area (Å²) in [7, 11) is -3.99. The zero-order chi connectivity index (χ0) is 24.7. The first-order valence-electron chi connectivity index (χ1n) is 9.44. The number of hydrogen-bond acceptors (Lipinski definition) is 6. The molecular formula is C21H13ClF3N3O4S2. The smallest absolute Gasteiger partial charge is 0.358 e. The van der Waals surface area contributed by atoms with E-state index < -0.39 is 38.1 Å². The van der Waals surface area contributed by atoms with Gasteiger partial charge in [0.1, 0.15) is 11.9 Å². The molecule has 0 N–H and O–H groups in total. The number of nitrogens with zero attached hydrogens (tertiary/aromatic N) is 3. The maximum atomic E-state index is 13.4. The molecule has 2 heterocycles. The Labute approximate surface area is 200 Å². The molecule has 34 heavy (non-hydrogen) atoms. The lowest BCUT2D eigenvalue weighted by Gasteiger charge is -2.12. The third-order valence-corrected chi connectivity index (χ3v) is 7.66. The zero-order valence-corrected chi connectivity index (χ0v) is 19.2. The van der Waals surface area contributed by atoms with Crippen molar-refractivity contribution in [3.63, 3.8) is 0 Å². The molecule has 4 rings (SSSR count). The Hall–Kier alpha value is -3.09. The molecule has 0 saturated heterocycles. The molecule has 0 amide bonds. The van der Waals surface area contributed by atoms with Crippen LogP contribution in [0.2, 0.25) is 5.02 Å². The van der Waals surface area contributed by atoms with Crippen molar-refractivity contribution >= 4 is 44.7 Å². The van der Waals surface area contributed by atoms with Gasteiger partial charge in [-0.15, -0.1) is 0 Å². The van der Waals surface area contributed by atoms with Crippen LogP contribution in [0.1, 0.15) is 11.3 Å². The number of nitro groups is 1. The molecule has 7 nitrogen and oxygen atoms in total. The SMILES string of the molecule is O=[N+]([O-])c1c(CS(=O)(=O)c2ccccc2)nc2c(Sc3ccccc3C(F)(F)F)cc(Cl)cn12. The normalized spacial score (nSPS) is 12.2. The molecule has 176 valence electrons. The molecule has 0 radical (unpaired) electrons. The Bertz CT molecular complexity index is 1510. The van der Waals surface area contributed by atoms with Gasteiger partial charge in [-0.3, -0.25) is 0 Å². The van der Waals surface area contributed by atoms with Crippen LogP contribution >= 0.6 is 23.4 Å². The number of halogens is 4. The Morgan fingerprint density at radius 2 is 1.71 bits per heavy atom. The second-order valence-corrected chi connectivity index (χ2v) is 10.5. The van der Waals surface area contributed by atoms with Crippen LogP contribution in [0.4, 0.5) is 19.0 Å². The molecular weight excluding hydrogens is 515 g/mol. The van der Waals surface area contributed by atoms with Crippen molar-refractivity contribution in [2.24, 2.45) is 0 Å². The number of pyridine rings is 1. The van der Waals surface area contributed by atoms with E-state index >= 15 is 0 Å². The lowest BCUT2D eigenvalue weighted by Crippen LogP contribution is -2.07. The number of rotatable bonds is 6. The predicted octanol–water partition coefficient (Wildman–Crippen LogP) is 6.04. The molecule has 0 saturated carbocycles. The molecule has 2 aromatic heterocycles. The van der Waals surface area contributed by atoms with Crippen LogP contribution in [0.5, 0.6) is 0 Å². The second-order valence-electron chi connectivity index (χ2n) is 7.02. The number of alkyl halides is 3. The van der Waals surface area contributed by atoms with E-state index in [0.717, 1.165) is 10.5 Å². The highest BCUT2D eigenvalue weighted by Gasteiger charge is 2.34. The van der Waals surface area contributed by atoms with E-state index in [1.807, 2.05) is 0 Å². The Morgan fingerprint density at radius 3 is 2.35 bits per heavy atom. The van der Waals surface area contributed by atoms with E-state index in [2.05, 4.69) is 4.98 Å². The molecule has 2 aromatic carbocycles. The molecule has 0 unspecified atom stereocenters. The first kappa shape index (κ1) is 24.0. The summed E-state index contributed by atoms with van der Waals surface area (Å²) in [5.74, 6) is -1.42. The second kappa shape index (κ2) is 8.93. The minimum Gasteiger partial charge on any atom is -0.358 e. The molecule has 0 spiro atoms.